The van der Waals surface area contributed by atoms with Gasteiger partial charge in [-0.1, -0.05) is 30.3 Å². The molecule has 0 aliphatic rings. The Bertz CT molecular complexity index is 486. The number of aromatic nitrogens is 3. The van der Waals surface area contributed by atoms with Crippen LogP contribution >= 0.6 is 0 Å². The van der Waals surface area contributed by atoms with Gasteiger partial charge in [-0.2, -0.15) is 10.2 Å². The van der Waals surface area contributed by atoms with Crippen molar-refractivity contribution in [2.75, 3.05) is 0 Å². The van der Waals surface area contributed by atoms with E-state index < -0.39 is 0 Å². The molecular weight excluding hydrogens is 202 g/mol. The van der Waals surface area contributed by atoms with Gasteiger partial charge in [0.05, 0.1) is 0 Å². The van der Waals surface area contributed by atoms with Gasteiger partial charge in [-0.05, 0) is 6.92 Å². The Labute approximate surface area is 93.4 Å². The van der Waals surface area contributed by atoms with Crippen molar-refractivity contribution in [1.29, 1.82) is 0 Å². The van der Waals surface area contributed by atoms with Crippen LogP contribution in [0.1, 0.15) is 12.7 Å². The molecule has 0 bridgehead atoms. The summed E-state index contributed by atoms with van der Waals surface area (Å²) in [6.45, 7) is 1.85. The van der Waals surface area contributed by atoms with Crippen molar-refractivity contribution in [3.63, 3.8) is 0 Å². The summed E-state index contributed by atoms with van der Waals surface area (Å²) in [4.78, 5) is 4.37. The first kappa shape index (κ1) is 10.4. The van der Waals surface area contributed by atoms with E-state index in [1.54, 1.807) is 0 Å². The first-order valence-corrected chi connectivity index (χ1v) is 4.99. The molecule has 0 saturated heterocycles. The molecule has 2 rings (SSSR count). The molecular formula is C11H13N5. The van der Waals surface area contributed by atoms with Gasteiger partial charge in [0.15, 0.2) is 5.82 Å². The van der Waals surface area contributed by atoms with E-state index in [2.05, 4.69) is 20.3 Å². The van der Waals surface area contributed by atoms with Gasteiger partial charge in [-0.3, -0.25) is 5.10 Å². The molecule has 0 unspecified atom stereocenters. The van der Waals surface area contributed by atoms with Crippen LogP contribution in [0, 0.1) is 0 Å². The largest absolute Gasteiger partial charge is 0.323 e. The maximum absolute atomic E-state index is 5.16. The lowest BCUT2D eigenvalue weighted by Crippen LogP contribution is -2.02. The van der Waals surface area contributed by atoms with E-state index in [9.17, 15) is 0 Å². The minimum atomic E-state index is 0.594. The van der Waals surface area contributed by atoms with Gasteiger partial charge >= 0.3 is 0 Å². The summed E-state index contributed by atoms with van der Waals surface area (Å²) < 4.78 is 0. The number of hydrogen-bond donors (Lipinski definition) is 2. The van der Waals surface area contributed by atoms with E-state index >= 15 is 0 Å². The lowest BCUT2D eigenvalue weighted by Gasteiger charge is -1.93. The van der Waals surface area contributed by atoms with Gasteiger partial charge in [0.25, 0.3) is 0 Å². The normalized spacial score (nSPS) is 11.7. The average Bonchev–Trinajstić information content (AvgIpc) is 2.78. The molecule has 0 fully saturated rings. The van der Waals surface area contributed by atoms with Crippen molar-refractivity contribution in [3.8, 4) is 11.4 Å². The number of benzene rings is 1. The summed E-state index contributed by atoms with van der Waals surface area (Å²) >= 11 is 0. The Morgan fingerprint density at radius 3 is 2.81 bits per heavy atom. The topological polar surface area (TPSA) is 80.0 Å². The molecule has 0 aliphatic heterocycles. The fourth-order valence-corrected chi connectivity index (χ4v) is 1.38. The first-order valence-electron chi connectivity index (χ1n) is 4.99. The summed E-state index contributed by atoms with van der Waals surface area (Å²) in [7, 11) is 0. The molecule has 0 saturated carbocycles. The number of rotatable bonds is 3. The second-order valence-corrected chi connectivity index (χ2v) is 3.51. The number of H-pyrrole nitrogens is 1. The van der Waals surface area contributed by atoms with Crippen molar-refractivity contribution in [2.45, 2.75) is 13.3 Å². The monoisotopic (exact) mass is 215 g/mol. The van der Waals surface area contributed by atoms with E-state index in [0.717, 1.165) is 17.1 Å². The zero-order valence-electron chi connectivity index (χ0n) is 9.01. The summed E-state index contributed by atoms with van der Waals surface area (Å²) in [6.07, 6.45) is 0.594. The molecule has 1 aromatic heterocycles. The zero-order valence-corrected chi connectivity index (χ0v) is 9.01. The predicted octanol–water partition coefficient (Wildman–Crippen LogP) is 1.35. The Kier molecular flexibility index (Phi) is 2.95. The zero-order chi connectivity index (χ0) is 11.4. The molecule has 0 aliphatic carbocycles. The Morgan fingerprint density at radius 1 is 1.38 bits per heavy atom. The van der Waals surface area contributed by atoms with Gasteiger partial charge in [0.2, 0.25) is 0 Å². The smallest absolute Gasteiger partial charge is 0.181 e. The van der Waals surface area contributed by atoms with Crippen molar-refractivity contribution in [2.24, 2.45) is 10.9 Å². The SMILES string of the molecule is C/C(Cc1nc(-c2ccccc2)n[nH]1)=N\N. The van der Waals surface area contributed by atoms with Crippen LogP contribution in [0.4, 0.5) is 0 Å². The second kappa shape index (κ2) is 4.57. The summed E-state index contributed by atoms with van der Waals surface area (Å²) in [5.74, 6) is 6.63. The number of nitrogens with zero attached hydrogens (tertiary/aromatic N) is 3. The lowest BCUT2D eigenvalue weighted by atomic mass is 10.2. The molecule has 1 heterocycles. The van der Waals surface area contributed by atoms with E-state index in [0.29, 0.717) is 12.2 Å². The van der Waals surface area contributed by atoms with Crippen LogP contribution in [0.15, 0.2) is 35.4 Å². The van der Waals surface area contributed by atoms with Crippen LogP contribution in [-0.2, 0) is 6.42 Å². The molecule has 0 spiro atoms. The molecule has 82 valence electrons. The molecule has 3 N–H and O–H groups in total. The first-order chi connectivity index (χ1) is 7.79. The van der Waals surface area contributed by atoms with Gasteiger partial charge in [-0.15, -0.1) is 0 Å². The average molecular weight is 215 g/mol. The third kappa shape index (κ3) is 2.25. The highest BCUT2D eigenvalue weighted by Gasteiger charge is 2.05. The molecule has 5 heteroatoms. The Morgan fingerprint density at radius 2 is 2.12 bits per heavy atom. The minimum Gasteiger partial charge on any atom is -0.323 e. The van der Waals surface area contributed by atoms with Crippen LogP contribution < -0.4 is 5.84 Å². The molecule has 0 radical (unpaired) electrons. The van der Waals surface area contributed by atoms with E-state index in [1.807, 2.05) is 37.3 Å². The van der Waals surface area contributed by atoms with E-state index in [4.69, 9.17) is 5.84 Å². The number of hydrazone groups is 1. The highest BCUT2D eigenvalue weighted by molar-refractivity contribution is 5.83. The maximum Gasteiger partial charge on any atom is 0.181 e. The molecule has 5 nitrogen and oxygen atoms in total. The van der Waals surface area contributed by atoms with Gasteiger partial charge in [0.1, 0.15) is 5.82 Å². The van der Waals surface area contributed by atoms with Gasteiger partial charge in [-0.25, -0.2) is 4.98 Å². The third-order valence-electron chi connectivity index (χ3n) is 2.21. The quantitative estimate of drug-likeness (QED) is 0.460. The number of hydrogen-bond acceptors (Lipinski definition) is 4. The highest BCUT2D eigenvalue weighted by Crippen LogP contribution is 2.13. The molecule has 2 aromatic rings. The number of nitrogens with one attached hydrogen (secondary N) is 1. The van der Waals surface area contributed by atoms with Crippen molar-refractivity contribution >= 4 is 5.71 Å². The van der Waals surface area contributed by atoms with Crippen molar-refractivity contribution in [1.82, 2.24) is 15.2 Å². The van der Waals surface area contributed by atoms with E-state index in [1.165, 1.54) is 0 Å². The Balaban J connectivity index is 2.20. The summed E-state index contributed by atoms with van der Waals surface area (Å²) in [5, 5.41) is 10.6. The van der Waals surface area contributed by atoms with Crippen LogP contribution in [0.25, 0.3) is 11.4 Å². The van der Waals surface area contributed by atoms with Crippen LogP contribution in [0.2, 0.25) is 0 Å². The van der Waals surface area contributed by atoms with Crippen molar-refractivity contribution < 1.29 is 0 Å². The van der Waals surface area contributed by atoms with Crippen LogP contribution in [-0.4, -0.2) is 20.9 Å². The Hall–Kier alpha value is -2.17. The highest BCUT2D eigenvalue weighted by atomic mass is 15.2. The molecule has 16 heavy (non-hydrogen) atoms. The fraction of sp³-hybridized carbons (Fsp3) is 0.182. The summed E-state index contributed by atoms with van der Waals surface area (Å²) in [5.41, 5.74) is 1.81. The molecule has 1 aromatic carbocycles. The second-order valence-electron chi connectivity index (χ2n) is 3.51. The predicted molar refractivity (Wildman–Crippen MR) is 62.8 cm³/mol. The van der Waals surface area contributed by atoms with Crippen LogP contribution in [0.3, 0.4) is 0 Å². The van der Waals surface area contributed by atoms with E-state index in [-0.39, 0.29) is 0 Å². The fourth-order valence-electron chi connectivity index (χ4n) is 1.38. The number of nitrogens with two attached hydrogens (primary N) is 1. The molecule has 0 atom stereocenters. The molecule has 0 amide bonds. The minimum absolute atomic E-state index is 0.594. The van der Waals surface area contributed by atoms with Gasteiger partial charge in [0, 0.05) is 17.7 Å². The van der Waals surface area contributed by atoms with Gasteiger partial charge < -0.3 is 5.84 Å². The number of aromatic amines is 1. The van der Waals surface area contributed by atoms with Crippen molar-refractivity contribution in [3.05, 3.63) is 36.2 Å². The maximum atomic E-state index is 5.16. The lowest BCUT2D eigenvalue weighted by molar-refractivity contribution is 0.999. The van der Waals surface area contributed by atoms with Crippen LogP contribution in [0.5, 0.6) is 0 Å². The standard InChI is InChI=1S/C11H13N5/c1-8(14-12)7-10-13-11(16-15-10)9-5-3-2-4-6-9/h2-6H,7,12H2,1H3,(H,13,15,16)/b14-8+. The third-order valence-corrected chi connectivity index (χ3v) is 2.21. The summed E-state index contributed by atoms with van der Waals surface area (Å²) in [6, 6.07) is 9.81.